The number of phenols is 1. The van der Waals surface area contributed by atoms with Gasteiger partial charge in [-0.25, -0.2) is 0 Å². The van der Waals surface area contributed by atoms with Crippen LogP contribution in [-0.2, 0) is 17.4 Å². The van der Waals surface area contributed by atoms with Crippen LogP contribution in [0.15, 0.2) is 12.1 Å². The highest BCUT2D eigenvalue weighted by Crippen LogP contribution is 2.37. The Labute approximate surface area is 128 Å². The number of hydrogen-bond donors (Lipinski definition) is 2. The monoisotopic (exact) mass is 297 g/mol. The lowest BCUT2D eigenvalue weighted by Crippen LogP contribution is -2.20. The van der Waals surface area contributed by atoms with Gasteiger partial charge >= 0.3 is 0 Å². The van der Waals surface area contributed by atoms with Crippen molar-refractivity contribution < 1.29 is 5.11 Å². The number of halogens is 1. The minimum absolute atomic E-state index is 0.0644. The first-order valence-corrected chi connectivity index (χ1v) is 7.74. The zero-order valence-electron chi connectivity index (χ0n) is 13.6. The van der Waals surface area contributed by atoms with E-state index in [1.165, 1.54) is 5.56 Å². The van der Waals surface area contributed by atoms with Gasteiger partial charge in [0.15, 0.2) is 0 Å². The van der Waals surface area contributed by atoms with Gasteiger partial charge in [0.05, 0.1) is 0 Å². The van der Waals surface area contributed by atoms with Crippen LogP contribution in [0.5, 0.6) is 5.75 Å². The van der Waals surface area contributed by atoms with Crippen LogP contribution in [-0.4, -0.2) is 17.5 Å². The summed E-state index contributed by atoms with van der Waals surface area (Å²) >= 11 is 5.69. The fourth-order valence-corrected chi connectivity index (χ4v) is 2.26. The Kier molecular flexibility index (Phi) is 5.51. The van der Waals surface area contributed by atoms with Crippen molar-refractivity contribution in [1.29, 1.82) is 0 Å². The van der Waals surface area contributed by atoms with Gasteiger partial charge in [-0.3, -0.25) is 0 Å². The lowest BCUT2D eigenvalue weighted by atomic mass is 9.79. The third-order valence-corrected chi connectivity index (χ3v) is 3.64. The van der Waals surface area contributed by atoms with Gasteiger partial charge < -0.3 is 10.4 Å². The number of aromatic hydroxyl groups is 1. The molecule has 2 N–H and O–H groups in total. The Balaban J connectivity index is 3.28. The van der Waals surface area contributed by atoms with Gasteiger partial charge in [-0.05, 0) is 22.0 Å². The molecule has 0 spiro atoms. The highest BCUT2D eigenvalue weighted by Gasteiger charge is 2.24. The summed E-state index contributed by atoms with van der Waals surface area (Å²) in [5, 5.41) is 13.8. The van der Waals surface area contributed by atoms with Crippen LogP contribution in [0.4, 0.5) is 0 Å². The van der Waals surface area contributed by atoms with Gasteiger partial charge in [-0.1, -0.05) is 53.7 Å². The van der Waals surface area contributed by atoms with Crippen molar-refractivity contribution in [3.63, 3.8) is 0 Å². The molecule has 1 rings (SSSR count). The maximum atomic E-state index is 10.5. The van der Waals surface area contributed by atoms with Crippen molar-refractivity contribution in [1.82, 2.24) is 5.32 Å². The van der Waals surface area contributed by atoms with Gasteiger partial charge in [-0.2, -0.15) is 0 Å². The van der Waals surface area contributed by atoms with Gasteiger partial charge in [0.25, 0.3) is 0 Å². The molecule has 0 saturated heterocycles. The van der Waals surface area contributed by atoms with E-state index in [1.54, 1.807) is 0 Å². The second-order valence-electron chi connectivity index (χ2n) is 7.40. The molecule has 1 aromatic rings. The van der Waals surface area contributed by atoms with Gasteiger partial charge in [-0.15, -0.1) is 11.6 Å². The van der Waals surface area contributed by atoms with Crippen LogP contribution in [0.1, 0.15) is 58.2 Å². The summed E-state index contributed by atoms with van der Waals surface area (Å²) in [4.78, 5) is 0. The molecule has 0 aliphatic rings. The molecule has 0 aromatic heterocycles. The topological polar surface area (TPSA) is 32.3 Å². The number of alkyl halides is 1. The zero-order valence-corrected chi connectivity index (χ0v) is 14.4. The molecule has 114 valence electrons. The third-order valence-electron chi connectivity index (χ3n) is 3.45. The normalized spacial score (nSPS) is 12.8. The van der Waals surface area contributed by atoms with E-state index in [9.17, 15) is 5.11 Å². The summed E-state index contributed by atoms with van der Waals surface area (Å²) in [6, 6.07) is 4.24. The smallest absolute Gasteiger partial charge is 0.123 e. The first-order valence-electron chi connectivity index (χ1n) is 7.21. The van der Waals surface area contributed by atoms with Crippen molar-refractivity contribution in [2.45, 2.75) is 58.9 Å². The maximum absolute atomic E-state index is 10.5. The molecular formula is C17H28ClNO. The molecule has 0 aliphatic carbocycles. The summed E-state index contributed by atoms with van der Waals surface area (Å²) in [5.41, 5.74) is 3.20. The van der Waals surface area contributed by atoms with Gasteiger partial charge in [0, 0.05) is 24.5 Å². The molecule has 20 heavy (non-hydrogen) atoms. The Morgan fingerprint density at radius 1 is 1.05 bits per heavy atom. The van der Waals surface area contributed by atoms with Crippen molar-refractivity contribution >= 4 is 11.6 Å². The van der Waals surface area contributed by atoms with E-state index in [4.69, 9.17) is 11.6 Å². The van der Waals surface area contributed by atoms with E-state index in [0.29, 0.717) is 18.2 Å². The Morgan fingerprint density at radius 2 is 1.65 bits per heavy atom. The molecule has 0 saturated carbocycles. The number of hydrogen-bond acceptors (Lipinski definition) is 2. The maximum Gasteiger partial charge on any atom is 0.123 e. The van der Waals surface area contributed by atoms with E-state index >= 15 is 0 Å². The Morgan fingerprint density at radius 3 is 2.10 bits per heavy atom. The van der Waals surface area contributed by atoms with Crippen molar-refractivity contribution in [3.8, 4) is 5.75 Å². The summed E-state index contributed by atoms with van der Waals surface area (Å²) in [5.74, 6) is 0.985. The molecule has 0 heterocycles. The molecule has 0 fully saturated rings. The minimum atomic E-state index is -0.0768. The zero-order chi connectivity index (χ0) is 15.6. The highest BCUT2D eigenvalue weighted by atomic mass is 35.5. The number of benzene rings is 1. The molecule has 0 radical (unpaired) electrons. The molecule has 2 nitrogen and oxygen atoms in total. The first kappa shape index (κ1) is 17.3. The van der Waals surface area contributed by atoms with Crippen LogP contribution in [0.2, 0.25) is 0 Å². The molecule has 1 aromatic carbocycles. The van der Waals surface area contributed by atoms with E-state index in [0.717, 1.165) is 17.7 Å². The molecule has 3 heteroatoms. The van der Waals surface area contributed by atoms with Crippen LogP contribution >= 0.6 is 11.6 Å². The second kappa shape index (κ2) is 6.36. The van der Waals surface area contributed by atoms with Crippen molar-refractivity contribution in [3.05, 3.63) is 28.8 Å². The Bertz CT molecular complexity index is 455. The van der Waals surface area contributed by atoms with Crippen LogP contribution < -0.4 is 5.32 Å². The summed E-state index contributed by atoms with van der Waals surface area (Å²) < 4.78 is 0. The molecular weight excluding hydrogens is 270 g/mol. The number of phenolic OH excluding ortho intramolecular Hbond substituents is 1. The van der Waals surface area contributed by atoms with Crippen molar-refractivity contribution in [2.24, 2.45) is 0 Å². The lowest BCUT2D eigenvalue weighted by Gasteiger charge is -2.27. The largest absolute Gasteiger partial charge is 0.507 e. The molecule has 0 bridgehead atoms. The van der Waals surface area contributed by atoms with E-state index in [-0.39, 0.29) is 10.8 Å². The lowest BCUT2D eigenvalue weighted by molar-refractivity contribution is 0.435. The van der Waals surface area contributed by atoms with E-state index < -0.39 is 0 Å². The standard InChI is InChI=1S/C17H28ClNO/c1-16(2,3)13-9-12(11-19-8-7-18)15(20)14(10-13)17(4,5)6/h9-10,19-20H,7-8,11H2,1-6H3. The molecule has 0 atom stereocenters. The average molecular weight is 298 g/mol. The SMILES string of the molecule is CC(C)(C)c1cc(CNCCCl)c(O)c(C(C)(C)C)c1. The fourth-order valence-electron chi connectivity index (χ4n) is 2.12. The van der Waals surface area contributed by atoms with Crippen LogP contribution in [0.3, 0.4) is 0 Å². The summed E-state index contributed by atoms with van der Waals surface area (Å²) in [6.07, 6.45) is 0. The van der Waals surface area contributed by atoms with Gasteiger partial charge in [0.2, 0.25) is 0 Å². The number of rotatable bonds is 4. The molecule has 0 amide bonds. The van der Waals surface area contributed by atoms with Crippen LogP contribution in [0, 0.1) is 0 Å². The van der Waals surface area contributed by atoms with Gasteiger partial charge in [0.1, 0.15) is 5.75 Å². The van der Waals surface area contributed by atoms with Crippen LogP contribution in [0.25, 0.3) is 0 Å². The second-order valence-corrected chi connectivity index (χ2v) is 7.78. The first-order chi connectivity index (χ1) is 9.07. The molecule has 0 unspecified atom stereocenters. The Hall–Kier alpha value is -0.730. The van der Waals surface area contributed by atoms with E-state index in [1.807, 2.05) is 0 Å². The highest BCUT2D eigenvalue weighted by molar-refractivity contribution is 6.18. The number of nitrogens with one attached hydrogen (secondary N) is 1. The molecule has 0 aliphatic heterocycles. The predicted molar refractivity (Wildman–Crippen MR) is 87.9 cm³/mol. The van der Waals surface area contributed by atoms with E-state index in [2.05, 4.69) is 59.0 Å². The fraction of sp³-hybridized carbons (Fsp3) is 0.647. The summed E-state index contributed by atoms with van der Waals surface area (Å²) in [6.45, 7) is 14.4. The summed E-state index contributed by atoms with van der Waals surface area (Å²) in [7, 11) is 0. The third kappa shape index (κ3) is 4.39. The predicted octanol–water partition coefficient (Wildman–Crippen LogP) is 4.32. The average Bonchev–Trinajstić information content (AvgIpc) is 2.28. The minimum Gasteiger partial charge on any atom is -0.507 e. The van der Waals surface area contributed by atoms with Crippen molar-refractivity contribution in [2.75, 3.05) is 12.4 Å². The quantitative estimate of drug-likeness (QED) is 0.641.